The molecular formula is C14H16ClN3O2S. The average molecular weight is 326 g/mol. The van der Waals surface area contributed by atoms with Crippen LogP contribution in [0.2, 0.25) is 5.02 Å². The summed E-state index contributed by atoms with van der Waals surface area (Å²) in [6.45, 7) is 2.37. The molecule has 1 aromatic heterocycles. The molecule has 0 bridgehead atoms. The summed E-state index contributed by atoms with van der Waals surface area (Å²) in [6.07, 6.45) is 1.55. The van der Waals surface area contributed by atoms with Gasteiger partial charge in [-0.25, -0.2) is 8.42 Å². The van der Waals surface area contributed by atoms with E-state index in [-0.39, 0.29) is 4.90 Å². The molecule has 2 rings (SSSR count). The summed E-state index contributed by atoms with van der Waals surface area (Å²) in [5, 5.41) is 3.39. The summed E-state index contributed by atoms with van der Waals surface area (Å²) < 4.78 is 27.2. The van der Waals surface area contributed by atoms with Crippen molar-refractivity contribution in [2.45, 2.75) is 18.4 Å². The number of hydrogen-bond donors (Lipinski definition) is 2. The number of hydrogen-bond acceptors (Lipinski definition) is 4. The fourth-order valence-electron chi connectivity index (χ4n) is 1.85. The minimum Gasteiger partial charge on any atom is -0.316 e. The summed E-state index contributed by atoms with van der Waals surface area (Å²) in [5.41, 5.74) is 2.05. The third-order valence-electron chi connectivity index (χ3n) is 2.85. The van der Waals surface area contributed by atoms with Gasteiger partial charge in [0.15, 0.2) is 0 Å². The van der Waals surface area contributed by atoms with E-state index in [9.17, 15) is 8.42 Å². The number of anilines is 1. The third-order valence-corrected chi connectivity index (χ3v) is 4.58. The van der Waals surface area contributed by atoms with Crippen molar-refractivity contribution in [2.75, 3.05) is 11.8 Å². The van der Waals surface area contributed by atoms with Gasteiger partial charge < -0.3 is 5.32 Å². The molecule has 2 N–H and O–H groups in total. The predicted octanol–water partition coefficient (Wildman–Crippen LogP) is 2.56. The van der Waals surface area contributed by atoms with Crippen LogP contribution in [-0.2, 0) is 16.6 Å². The lowest BCUT2D eigenvalue weighted by atomic mass is 10.2. The number of sulfonamides is 1. The molecule has 0 aliphatic rings. The van der Waals surface area contributed by atoms with Crippen molar-refractivity contribution in [1.29, 1.82) is 0 Å². The zero-order valence-electron chi connectivity index (χ0n) is 11.7. The van der Waals surface area contributed by atoms with Gasteiger partial charge in [-0.3, -0.25) is 9.71 Å². The number of pyridine rings is 1. The van der Waals surface area contributed by atoms with E-state index in [1.807, 2.05) is 0 Å². The molecule has 0 saturated carbocycles. The first-order chi connectivity index (χ1) is 9.92. The van der Waals surface area contributed by atoms with E-state index in [0.29, 0.717) is 17.3 Å². The van der Waals surface area contributed by atoms with Crippen molar-refractivity contribution in [1.82, 2.24) is 10.3 Å². The van der Waals surface area contributed by atoms with Crippen LogP contribution in [0.1, 0.15) is 11.3 Å². The molecule has 0 atom stereocenters. The van der Waals surface area contributed by atoms with Crippen molar-refractivity contribution in [3.05, 3.63) is 52.8 Å². The molecule has 5 nitrogen and oxygen atoms in total. The maximum atomic E-state index is 12.3. The lowest BCUT2D eigenvalue weighted by Crippen LogP contribution is -2.14. The largest absolute Gasteiger partial charge is 0.316 e. The van der Waals surface area contributed by atoms with Crippen LogP contribution in [0.3, 0.4) is 0 Å². The first-order valence-electron chi connectivity index (χ1n) is 6.31. The van der Waals surface area contributed by atoms with Crippen LogP contribution in [0.4, 0.5) is 5.69 Å². The van der Waals surface area contributed by atoms with Gasteiger partial charge in [-0.1, -0.05) is 17.7 Å². The number of nitrogens with one attached hydrogen (secondary N) is 2. The normalized spacial score (nSPS) is 11.4. The van der Waals surface area contributed by atoms with Gasteiger partial charge in [-0.15, -0.1) is 0 Å². The summed E-state index contributed by atoms with van der Waals surface area (Å²) in [6, 6.07) is 7.95. The first kappa shape index (κ1) is 15.8. The predicted molar refractivity (Wildman–Crippen MR) is 84.0 cm³/mol. The summed E-state index contributed by atoms with van der Waals surface area (Å²) in [4.78, 5) is 4.15. The van der Waals surface area contributed by atoms with E-state index in [1.165, 1.54) is 12.1 Å². The highest BCUT2D eigenvalue weighted by Crippen LogP contribution is 2.22. The van der Waals surface area contributed by atoms with Crippen molar-refractivity contribution < 1.29 is 8.42 Å². The van der Waals surface area contributed by atoms with Gasteiger partial charge in [0.2, 0.25) is 0 Å². The van der Waals surface area contributed by atoms with E-state index in [2.05, 4.69) is 15.0 Å². The molecule has 0 unspecified atom stereocenters. The Balaban J connectivity index is 2.29. The van der Waals surface area contributed by atoms with Crippen LogP contribution in [0.15, 0.2) is 41.4 Å². The minimum absolute atomic E-state index is 0.127. The van der Waals surface area contributed by atoms with Crippen molar-refractivity contribution in [2.24, 2.45) is 0 Å². The Morgan fingerprint density at radius 1 is 1.24 bits per heavy atom. The van der Waals surface area contributed by atoms with Crippen molar-refractivity contribution >= 4 is 27.3 Å². The highest BCUT2D eigenvalue weighted by atomic mass is 35.5. The molecule has 1 aromatic carbocycles. The van der Waals surface area contributed by atoms with E-state index < -0.39 is 10.0 Å². The molecule has 0 radical (unpaired) electrons. The van der Waals surface area contributed by atoms with Gasteiger partial charge in [0, 0.05) is 23.5 Å². The van der Waals surface area contributed by atoms with Crippen molar-refractivity contribution in [3.63, 3.8) is 0 Å². The van der Waals surface area contributed by atoms with Crippen LogP contribution in [-0.4, -0.2) is 20.4 Å². The fourth-order valence-corrected chi connectivity index (χ4v) is 3.24. The van der Waals surface area contributed by atoms with E-state index in [0.717, 1.165) is 11.3 Å². The van der Waals surface area contributed by atoms with E-state index >= 15 is 0 Å². The average Bonchev–Trinajstić information content (AvgIpc) is 2.40. The van der Waals surface area contributed by atoms with Gasteiger partial charge in [0.05, 0.1) is 10.6 Å². The summed E-state index contributed by atoms with van der Waals surface area (Å²) in [5.74, 6) is 0. The number of aryl methyl sites for hydroxylation is 1. The summed E-state index contributed by atoms with van der Waals surface area (Å²) >= 11 is 6.10. The monoisotopic (exact) mass is 325 g/mol. The van der Waals surface area contributed by atoms with Crippen LogP contribution in [0.25, 0.3) is 0 Å². The Morgan fingerprint density at radius 3 is 2.62 bits per heavy atom. The van der Waals surface area contributed by atoms with Gasteiger partial charge in [0.1, 0.15) is 0 Å². The quantitative estimate of drug-likeness (QED) is 0.886. The van der Waals surface area contributed by atoms with Gasteiger partial charge in [0.25, 0.3) is 10.0 Å². The molecule has 7 heteroatoms. The highest BCUT2D eigenvalue weighted by molar-refractivity contribution is 7.92. The molecule has 0 fully saturated rings. The molecule has 0 spiro atoms. The second-order valence-corrected chi connectivity index (χ2v) is 6.66. The number of rotatable bonds is 5. The molecule has 112 valence electrons. The van der Waals surface area contributed by atoms with Crippen LogP contribution >= 0.6 is 11.6 Å². The van der Waals surface area contributed by atoms with Crippen LogP contribution < -0.4 is 10.0 Å². The Hall–Kier alpha value is -1.63. The van der Waals surface area contributed by atoms with Gasteiger partial charge >= 0.3 is 0 Å². The van der Waals surface area contributed by atoms with Crippen molar-refractivity contribution in [3.8, 4) is 0 Å². The topological polar surface area (TPSA) is 71.1 Å². The van der Waals surface area contributed by atoms with Gasteiger partial charge in [-0.2, -0.15) is 0 Å². The molecule has 0 saturated heterocycles. The Bertz CT molecular complexity index is 748. The lowest BCUT2D eigenvalue weighted by molar-refractivity contribution is 0.601. The van der Waals surface area contributed by atoms with Crippen LogP contribution in [0.5, 0.6) is 0 Å². The molecule has 0 amide bonds. The molecule has 1 heterocycles. The first-order valence-corrected chi connectivity index (χ1v) is 8.17. The molecule has 21 heavy (non-hydrogen) atoms. The lowest BCUT2D eigenvalue weighted by Gasteiger charge is -2.10. The maximum absolute atomic E-state index is 12.3. The molecular weight excluding hydrogens is 310 g/mol. The SMILES string of the molecule is CNCc1ccc(S(=O)(=O)Nc2ccnc(C)c2)cc1Cl. The Labute approximate surface area is 129 Å². The van der Waals surface area contributed by atoms with E-state index in [1.54, 1.807) is 38.4 Å². The zero-order valence-corrected chi connectivity index (χ0v) is 13.3. The maximum Gasteiger partial charge on any atom is 0.261 e. The molecule has 0 aliphatic heterocycles. The third kappa shape index (κ3) is 3.93. The fraction of sp³-hybridized carbons (Fsp3) is 0.214. The smallest absolute Gasteiger partial charge is 0.261 e. The molecule has 2 aromatic rings. The van der Waals surface area contributed by atoms with Crippen LogP contribution in [0, 0.1) is 6.92 Å². The van der Waals surface area contributed by atoms with E-state index in [4.69, 9.17) is 11.6 Å². The second kappa shape index (κ2) is 6.43. The standard InChI is InChI=1S/C14H16ClN3O2S/c1-10-7-12(5-6-17-10)18-21(19,20)13-4-3-11(9-16-2)14(15)8-13/h3-8,16H,9H2,1-2H3,(H,17,18). The number of benzene rings is 1. The summed E-state index contributed by atoms with van der Waals surface area (Å²) in [7, 11) is -1.87. The number of halogens is 1. The Kier molecular flexibility index (Phi) is 4.82. The second-order valence-electron chi connectivity index (χ2n) is 4.57. The molecule has 0 aliphatic carbocycles. The number of aromatic nitrogens is 1. The van der Waals surface area contributed by atoms with Gasteiger partial charge in [-0.05, 0) is 43.8 Å². The minimum atomic E-state index is -3.67. The zero-order chi connectivity index (χ0) is 15.5. The Morgan fingerprint density at radius 2 is 2.00 bits per heavy atom. The highest BCUT2D eigenvalue weighted by Gasteiger charge is 2.16. The number of nitrogens with zero attached hydrogens (tertiary/aromatic N) is 1.